The van der Waals surface area contributed by atoms with Gasteiger partial charge < -0.3 is 0 Å². The van der Waals surface area contributed by atoms with Gasteiger partial charge in [0, 0.05) is 24.3 Å². The molecular weight excluding hydrogens is 423 g/mol. The number of H-pyrrole nitrogens is 1. The minimum absolute atomic E-state index is 0.173. The smallest absolute Gasteiger partial charge is 0.250 e. The second kappa shape index (κ2) is 8.97. The third kappa shape index (κ3) is 4.97. The van der Waals surface area contributed by atoms with E-state index in [9.17, 15) is 12.8 Å². The van der Waals surface area contributed by atoms with Gasteiger partial charge in [0.25, 0.3) is 0 Å². The largest absolute Gasteiger partial charge is 0.299 e. The summed E-state index contributed by atoms with van der Waals surface area (Å²) in [5, 5.41) is 7.06. The van der Waals surface area contributed by atoms with Gasteiger partial charge in [0.15, 0.2) is 0 Å². The van der Waals surface area contributed by atoms with Crippen LogP contribution in [0.3, 0.4) is 0 Å². The Labute approximate surface area is 180 Å². The van der Waals surface area contributed by atoms with Crippen LogP contribution in [0.4, 0.5) is 4.39 Å². The van der Waals surface area contributed by atoms with E-state index in [0.29, 0.717) is 22.9 Å². The molecule has 0 radical (unpaired) electrons. The summed E-state index contributed by atoms with van der Waals surface area (Å²) in [7, 11) is -3.54. The number of halogens is 1. The molecule has 0 saturated carbocycles. The first-order valence-corrected chi connectivity index (χ1v) is 12.3. The van der Waals surface area contributed by atoms with Crippen molar-refractivity contribution in [2.24, 2.45) is 5.92 Å². The molecule has 0 bridgehead atoms. The van der Waals surface area contributed by atoms with Crippen molar-refractivity contribution in [3.63, 3.8) is 0 Å². The van der Waals surface area contributed by atoms with Crippen LogP contribution in [0.2, 0.25) is 0 Å². The lowest BCUT2D eigenvalue weighted by Gasteiger charge is -2.32. The number of likely N-dealkylation sites (tertiary alicyclic amines) is 1. The maximum absolute atomic E-state index is 13.8. The first-order valence-electron chi connectivity index (χ1n) is 9.98. The Bertz CT molecular complexity index is 1100. The van der Waals surface area contributed by atoms with E-state index in [4.69, 9.17) is 0 Å². The Hall–Kier alpha value is -2.07. The molecule has 1 aromatic carbocycles. The molecule has 1 aliphatic heterocycles. The standard InChI is InChI=1S/C21H25FN4O2S2/c1-15-12-19(25-24-15)20-6-7-21(29-20)30(27,28)23-13-16-8-10-26(11-9-16)14-17-4-2-3-5-18(17)22/h2-7,12,16,23H,8-11,13-14H2,1H3,(H,24,25). The van der Waals surface area contributed by atoms with Gasteiger partial charge in [0.1, 0.15) is 15.7 Å². The Morgan fingerprint density at radius 1 is 1.23 bits per heavy atom. The zero-order chi connectivity index (χ0) is 21.1. The number of benzene rings is 1. The monoisotopic (exact) mass is 448 g/mol. The fourth-order valence-electron chi connectivity index (χ4n) is 3.66. The normalized spacial score (nSPS) is 16.2. The molecule has 4 rings (SSSR count). The van der Waals surface area contributed by atoms with Crippen LogP contribution in [0, 0.1) is 18.7 Å². The van der Waals surface area contributed by atoms with Gasteiger partial charge in [-0.1, -0.05) is 18.2 Å². The highest BCUT2D eigenvalue weighted by molar-refractivity contribution is 7.91. The van der Waals surface area contributed by atoms with Crippen molar-refractivity contribution in [3.05, 3.63) is 59.5 Å². The number of hydrogen-bond donors (Lipinski definition) is 2. The zero-order valence-corrected chi connectivity index (χ0v) is 18.4. The number of rotatable bonds is 7. The summed E-state index contributed by atoms with van der Waals surface area (Å²) in [5.74, 6) is 0.109. The number of aryl methyl sites for hydroxylation is 1. The number of aromatic amines is 1. The average Bonchev–Trinajstić information content (AvgIpc) is 3.39. The molecule has 0 atom stereocenters. The van der Waals surface area contributed by atoms with Crippen LogP contribution in [-0.4, -0.2) is 43.1 Å². The van der Waals surface area contributed by atoms with Crippen molar-refractivity contribution in [2.45, 2.75) is 30.5 Å². The van der Waals surface area contributed by atoms with Crippen molar-refractivity contribution in [2.75, 3.05) is 19.6 Å². The Morgan fingerprint density at radius 3 is 2.70 bits per heavy atom. The third-order valence-corrected chi connectivity index (χ3v) is 8.45. The number of sulfonamides is 1. The van der Waals surface area contributed by atoms with E-state index >= 15 is 0 Å². The maximum atomic E-state index is 13.8. The molecule has 3 heterocycles. The van der Waals surface area contributed by atoms with Crippen molar-refractivity contribution >= 4 is 21.4 Å². The van der Waals surface area contributed by atoms with Crippen molar-refractivity contribution in [1.29, 1.82) is 0 Å². The minimum Gasteiger partial charge on any atom is -0.299 e. The lowest BCUT2D eigenvalue weighted by atomic mass is 9.97. The highest BCUT2D eigenvalue weighted by atomic mass is 32.2. The lowest BCUT2D eigenvalue weighted by molar-refractivity contribution is 0.177. The summed E-state index contributed by atoms with van der Waals surface area (Å²) in [6.07, 6.45) is 1.78. The number of hydrogen-bond acceptors (Lipinski definition) is 5. The topological polar surface area (TPSA) is 78.1 Å². The number of thiophene rings is 1. The van der Waals surface area contributed by atoms with Crippen molar-refractivity contribution < 1.29 is 12.8 Å². The summed E-state index contributed by atoms with van der Waals surface area (Å²) in [6, 6.07) is 12.2. The van der Waals surface area contributed by atoms with Gasteiger partial charge in [-0.15, -0.1) is 11.3 Å². The molecule has 30 heavy (non-hydrogen) atoms. The molecule has 1 saturated heterocycles. The van der Waals surface area contributed by atoms with Gasteiger partial charge in [0.05, 0.1) is 4.88 Å². The van der Waals surface area contributed by atoms with Crippen LogP contribution in [0.15, 0.2) is 46.7 Å². The second-order valence-electron chi connectivity index (χ2n) is 7.72. The van der Waals surface area contributed by atoms with Crippen LogP contribution in [-0.2, 0) is 16.6 Å². The number of nitrogens with one attached hydrogen (secondary N) is 2. The predicted octanol–water partition coefficient (Wildman–Crippen LogP) is 3.78. The Balaban J connectivity index is 1.29. The molecule has 6 nitrogen and oxygen atoms in total. The molecule has 0 amide bonds. The summed E-state index contributed by atoms with van der Waals surface area (Å²) >= 11 is 1.22. The third-order valence-electron chi connectivity index (χ3n) is 5.43. The zero-order valence-electron chi connectivity index (χ0n) is 16.8. The van der Waals surface area contributed by atoms with Crippen molar-refractivity contribution in [3.8, 4) is 10.6 Å². The van der Waals surface area contributed by atoms with Gasteiger partial charge in [-0.05, 0) is 63.0 Å². The summed E-state index contributed by atoms with van der Waals surface area (Å²) in [5.41, 5.74) is 2.39. The number of nitrogens with zero attached hydrogens (tertiary/aromatic N) is 2. The molecule has 1 fully saturated rings. The molecular formula is C21H25FN4O2S2. The fourth-order valence-corrected chi connectivity index (χ4v) is 6.09. The molecule has 1 aliphatic rings. The average molecular weight is 449 g/mol. The lowest BCUT2D eigenvalue weighted by Crippen LogP contribution is -2.38. The summed E-state index contributed by atoms with van der Waals surface area (Å²) in [4.78, 5) is 3.04. The minimum atomic E-state index is -3.54. The maximum Gasteiger partial charge on any atom is 0.250 e. The molecule has 3 aromatic rings. The van der Waals surface area contributed by atoms with E-state index in [1.54, 1.807) is 18.2 Å². The van der Waals surface area contributed by atoms with Crippen LogP contribution >= 0.6 is 11.3 Å². The van der Waals surface area contributed by atoms with Crippen LogP contribution in [0.5, 0.6) is 0 Å². The van der Waals surface area contributed by atoms with Crippen molar-refractivity contribution in [1.82, 2.24) is 19.8 Å². The van der Waals surface area contributed by atoms with Gasteiger partial charge in [0.2, 0.25) is 10.0 Å². The van der Waals surface area contributed by atoms with Crippen LogP contribution in [0.25, 0.3) is 10.6 Å². The highest BCUT2D eigenvalue weighted by Crippen LogP contribution is 2.30. The molecule has 9 heteroatoms. The van der Waals surface area contributed by atoms with E-state index < -0.39 is 10.0 Å². The van der Waals surface area contributed by atoms with E-state index in [2.05, 4.69) is 19.8 Å². The van der Waals surface area contributed by atoms with Gasteiger partial charge in [-0.2, -0.15) is 5.10 Å². The predicted molar refractivity (Wildman–Crippen MR) is 116 cm³/mol. The van der Waals surface area contributed by atoms with Gasteiger partial charge >= 0.3 is 0 Å². The molecule has 2 aromatic heterocycles. The molecule has 0 spiro atoms. The molecule has 2 N–H and O–H groups in total. The van der Waals surface area contributed by atoms with E-state index in [1.165, 1.54) is 17.4 Å². The van der Waals surface area contributed by atoms with Crippen LogP contribution < -0.4 is 4.72 Å². The Morgan fingerprint density at radius 2 is 2.00 bits per heavy atom. The SMILES string of the molecule is Cc1cc(-c2ccc(S(=O)(=O)NCC3CCN(Cc4ccccc4F)CC3)s2)n[nH]1. The van der Waals surface area contributed by atoms with Gasteiger partial charge in [-0.25, -0.2) is 17.5 Å². The molecule has 160 valence electrons. The first kappa shape index (κ1) is 21.2. The Kier molecular flexibility index (Phi) is 6.33. The first-order chi connectivity index (χ1) is 14.4. The molecule has 0 aliphatic carbocycles. The quantitative estimate of drug-likeness (QED) is 0.577. The highest BCUT2D eigenvalue weighted by Gasteiger charge is 2.23. The number of aromatic nitrogens is 2. The second-order valence-corrected chi connectivity index (χ2v) is 10.8. The van der Waals surface area contributed by atoms with Gasteiger partial charge in [-0.3, -0.25) is 10.00 Å². The fraction of sp³-hybridized carbons (Fsp3) is 0.381. The summed E-state index contributed by atoms with van der Waals surface area (Å²) < 4.78 is 42.3. The number of piperidine rings is 1. The van der Waals surface area contributed by atoms with Crippen LogP contribution in [0.1, 0.15) is 24.1 Å². The summed E-state index contributed by atoms with van der Waals surface area (Å²) in [6.45, 7) is 4.59. The van der Waals surface area contributed by atoms with E-state index in [0.717, 1.165) is 42.2 Å². The van der Waals surface area contributed by atoms with E-state index in [-0.39, 0.29) is 11.7 Å². The van der Waals surface area contributed by atoms with E-state index in [1.807, 2.05) is 25.1 Å². The molecule has 0 unspecified atom stereocenters.